The normalized spacial score (nSPS) is 18.5. The molecule has 120 valence electrons. The van der Waals surface area contributed by atoms with Crippen molar-refractivity contribution in [2.45, 2.75) is 18.2 Å². The molecule has 2 aliphatic rings. The summed E-state index contributed by atoms with van der Waals surface area (Å²) < 4.78 is 37.8. The number of hydrogen-bond donors (Lipinski definition) is 0. The van der Waals surface area contributed by atoms with Gasteiger partial charge in [0, 0.05) is 19.5 Å². The number of sulfonamides is 1. The molecular weight excluding hydrogens is 308 g/mol. The third kappa shape index (κ3) is 2.52. The summed E-state index contributed by atoms with van der Waals surface area (Å²) >= 11 is 0. The predicted octanol–water partition coefficient (Wildman–Crippen LogP) is 0.658. The van der Waals surface area contributed by atoms with Crippen molar-refractivity contribution in [1.82, 2.24) is 9.21 Å². The van der Waals surface area contributed by atoms with Crippen molar-refractivity contribution < 1.29 is 22.7 Å². The zero-order chi connectivity index (χ0) is 15.7. The van der Waals surface area contributed by atoms with E-state index in [4.69, 9.17) is 9.47 Å². The minimum atomic E-state index is -3.72. The van der Waals surface area contributed by atoms with Gasteiger partial charge in [-0.3, -0.25) is 4.79 Å². The second kappa shape index (κ2) is 5.77. The Morgan fingerprint density at radius 2 is 2.00 bits per heavy atom. The number of para-hydroxylation sites is 1. The fourth-order valence-corrected chi connectivity index (χ4v) is 4.11. The van der Waals surface area contributed by atoms with E-state index >= 15 is 0 Å². The first-order valence-corrected chi connectivity index (χ1v) is 8.64. The Labute approximate surface area is 129 Å². The highest BCUT2D eigenvalue weighted by Gasteiger charge is 2.36. The highest BCUT2D eigenvalue weighted by molar-refractivity contribution is 7.89. The molecule has 3 rings (SSSR count). The minimum Gasteiger partial charge on any atom is -0.486 e. The summed E-state index contributed by atoms with van der Waals surface area (Å²) in [5.41, 5.74) is 0. The van der Waals surface area contributed by atoms with E-state index < -0.39 is 10.0 Å². The van der Waals surface area contributed by atoms with E-state index in [1.54, 1.807) is 24.0 Å². The molecule has 7 nitrogen and oxygen atoms in total. The van der Waals surface area contributed by atoms with Gasteiger partial charge in [0.2, 0.25) is 15.9 Å². The molecule has 8 heteroatoms. The molecule has 0 aliphatic carbocycles. The van der Waals surface area contributed by atoms with Crippen LogP contribution in [0.25, 0.3) is 0 Å². The molecule has 0 aromatic heterocycles. The maximum atomic E-state index is 12.8. The first-order chi connectivity index (χ1) is 10.5. The van der Waals surface area contributed by atoms with Crippen molar-refractivity contribution >= 4 is 15.9 Å². The van der Waals surface area contributed by atoms with Gasteiger partial charge < -0.3 is 14.4 Å². The van der Waals surface area contributed by atoms with Crippen LogP contribution >= 0.6 is 0 Å². The molecule has 2 heterocycles. The van der Waals surface area contributed by atoms with Crippen LogP contribution in [0.1, 0.15) is 13.3 Å². The standard InChI is InChI=1S/C14H18N2O5S/c1-2-13(17)15-6-7-16(10-15)22(18,19)12-5-3-4-11-14(12)21-9-8-20-11/h3-5H,2,6-10H2,1H3. The van der Waals surface area contributed by atoms with Gasteiger partial charge in [-0.15, -0.1) is 0 Å². The Bertz CT molecular complexity index is 688. The Hall–Kier alpha value is -1.80. The van der Waals surface area contributed by atoms with E-state index in [1.165, 1.54) is 10.4 Å². The van der Waals surface area contributed by atoms with Crippen molar-refractivity contribution in [3.63, 3.8) is 0 Å². The Morgan fingerprint density at radius 3 is 2.77 bits per heavy atom. The lowest BCUT2D eigenvalue weighted by Crippen LogP contribution is -2.34. The molecule has 2 aliphatic heterocycles. The van der Waals surface area contributed by atoms with Crippen molar-refractivity contribution in [1.29, 1.82) is 0 Å². The highest BCUT2D eigenvalue weighted by atomic mass is 32.2. The fraction of sp³-hybridized carbons (Fsp3) is 0.500. The van der Waals surface area contributed by atoms with E-state index in [0.29, 0.717) is 38.5 Å². The molecular formula is C14H18N2O5S. The molecule has 22 heavy (non-hydrogen) atoms. The number of fused-ring (bicyclic) bond motifs is 1. The van der Waals surface area contributed by atoms with Crippen molar-refractivity contribution in [3.8, 4) is 11.5 Å². The van der Waals surface area contributed by atoms with Crippen LogP contribution in [0.15, 0.2) is 23.1 Å². The summed E-state index contributed by atoms with van der Waals surface area (Å²) in [5.74, 6) is 0.648. The van der Waals surface area contributed by atoms with Crippen LogP contribution in [-0.2, 0) is 14.8 Å². The van der Waals surface area contributed by atoms with Crippen LogP contribution in [0, 0.1) is 0 Å². The summed E-state index contributed by atoms with van der Waals surface area (Å²) in [6.07, 6.45) is 0.367. The lowest BCUT2D eigenvalue weighted by Gasteiger charge is -2.23. The van der Waals surface area contributed by atoms with Crippen LogP contribution < -0.4 is 9.47 Å². The number of ether oxygens (including phenoxy) is 2. The molecule has 0 unspecified atom stereocenters. The van der Waals surface area contributed by atoms with Gasteiger partial charge in [-0.1, -0.05) is 13.0 Å². The molecule has 0 atom stereocenters. The number of hydrogen-bond acceptors (Lipinski definition) is 5. The molecule has 1 aromatic carbocycles. The summed E-state index contributed by atoms with van der Waals surface area (Å²) in [7, 11) is -3.72. The average Bonchev–Trinajstić information content (AvgIpc) is 3.04. The van der Waals surface area contributed by atoms with Gasteiger partial charge >= 0.3 is 0 Å². The number of benzene rings is 1. The van der Waals surface area contributed by atoms with Gasteiger partial charge in [0.15, 0.2) is 11.5 Å². The molecule has 1 amide bonds. The summed E-state index contributed by atoms with van der Waals surface area (Å²) in [6.45, 7) is 3.27. The first kappa shape index (κ1) is 15.1. The van der Waals surface area contributed by atoms with Crippen molar-refractivity contribution in [3.05, 3.63) is 18.2 Å². The third-order valence-corrected chi connectivity index (χ3v) is 5.61. The lowest BCUT2D eigenvalue weighted by molar-refractivity contribution is -0.130. The van der Waals surface area contributed by atoms with E-state index in [0.717, 1.165) is 0 Å². The smallest absolute Gasteiger partial charge is 0.248 e. The van der Waals surface area contributed by atoms with E-state index in [2.05, 4.69) is 0 Å². The van der Waals surface area contributed by atoms with Gasteiger partial charge in [0.25, 0.3) is 0 Å². The molecule has 1 saturated heterocycles. The van der Waals surface area contributed by atoms with Crippen LogP contribution in [0.2, 0.25) is 0 Å². The van der Waals surface area contributed by atoms with E-state index in [1.807, 2.05) is 0 Å². The van der Waals surface area contributed by atoms with Gasteiger partial charge in [-0.05, 0) is 12.1 Å². The largest absolute Gasteiger partial charge is 0.486 e. The van der Waals surface area contributed by atoms with Gasteiger partial charge in [0.05, 0.1) is 6.67 Å². The van der Waals surface area contributed by atoms with Gasteiger partial charge in [-0.25, -0.2) is 8.42 Å². The molecule has 0 bridgehead atoms. The second-order valence-electron chi connectivity index (χ2n) is 5.11. The second-order valence-corrected chi connectivity index (χ2v) is 7.02. The molecule has 0 radical (unpaired) electrons. The highest BCUT2D eigenvalue weighted by Crippen LogP contribution is 2.38. The Morgan fingerprint density at radius 1 is 1.23 bits per heavy atom. The number of carbonyl (C=O) groups is 1. The van der Waals surface area contributed by atoms with Crippen LogP contribution in [0.4, 0.5) is 0 Å². The summed E-state index contributed by atoms with van der Waals surface area (Å²) in [4.78, 5) is 13.4. The van der Waals surface area contributed by atoms with Crippen LogP contribution in [0.3, 0.4) is 0 Å². The summed E-state index contributed by atoms with van der Waals surface area (Å²) in [6, 6.07) is 4.82. The minimum absolute atomic E-state index is 0.0487. The molecule has 0 spiro atoms. The first-order valence-electron chi connectivity index (χ1n) is 7.20. The number of nitrogens with zero attached hydrogens (tertiary/aromatic N) is 2. The number of amides is 1. The van der Waals surface area contributed by atoms with E-state index in [9.17, 15) is 13.2 Å². The lowest BCUT2D eigenvalue weighted by atomic mass is 10.3. The Balaban J connectivity index is 1.90. The number of carbonyl (C=O) groups excluding carboxylic acids is 1. The maximum Gasteiger partial charge on any atom is 0.248 e. The average molecular weight is 326 g/mol. The quantitative estimate of drug-likeness (QED) is 0.815. The SMILES string of the molecule is CCC(=O)N1CCN(S(=O)(=O)c2cccc3c2OCCO3)C1. The topological polar surface area (TPSA) is 76.2 Å². The summed E-state index contributed by atoms with van der Waals surface area (Å²) in [5, 5.41) is 0. The van der Waals surface area contributed by atoms with Gasteiger partial charge in [0.1, 0.15) is 18.1 Å². The zero-order valence-corrected chi connectivity index (χ0v) is 13.1. The molecule has 0 saturated carbocycles. The molecule has 1 aromatic rings. The van der Waals surface area contributed by atoms with Crippen LogP contribution in [0.5, 0.6) is 11.5 Å². The van der Waals surface area contributed by atoms with Crippen molar-refractivity contribution in [2.75, 3.05) is 33.0 Å². The van der Waals surface area contributed by atoms with Crippen LogP contribution in [-0.4, -0.2) is 56.5 Å². The van der Waals surface area contributed by atoms with Gasteiger partial charge in [-0.2, -0.15) is 4.31 Å². The fourth-order valence-electron chi connectivity index (χ4n) is 2.58. The monoisotopic (exact) mass is 326 g/mol. The Kier molecular flexibility index (Phi) is 3.96. The third-order valence-electron chi connectivity index (χ3n) is 3.75. The van der Waals surface area contributed by atoms with Crippen molar-refractivity contribution in [2.24, 2.45) is 0 Å². The molecule has 1 fully saturated rings. The zero-order valence-electron chi connectivity index (χ0n) is 12.3. The molecule has 0 N–H and O–H groups in total. The number of rotatable bonds is 3. The predicted molar refractivity (Wildman–Crippen MR) is 78.2 cm³/mol. The van der Waals surface area contributed by atoms with E-state index in [-0.39, 0.29) is 23.2 Å². The maximum absolute atomic E-state index is 12.8.